The van der Waals surface area contributed by atoms with Gasteiger partial charge in [-0.05, 0) is 44.0 Å². The molecule has 0 aromatic heterocycles. The van der Waals surface area contributed by atoms with Gasteiger partial charge in [0.1, 0.15) is 11.8 Å². The summed E-state index contributed by atoms with van der Waals surface area (Å²) in [5.41, 5.74) is 2.11. The van der Waals surface area contributed by atoms with Gasteiger partial charge in [-0.1, -0.05) is 0 Å². The van der Waals surface area contributed by atoms with E-state index in [4.69, 9.17) is 9.84 Å². The van der Waals surface area contributed by atoms with E-state index < -0.39 is 17.9 Å². The second-order valence-electron chi connectivity index (χ2n) is 4.18. The first kappa shape index (κ1) is 14.0. The number of hydrogen-bond acceptors (Lipinski definition) is 3. The van der Waals surface area contributed by atoms with E-state index in [0.29, 0.717) is 5.56 Å². The number of nitrogens with one attached hydrogen (secondary N) is 1. The van der Waals surface area contributed by atoms with E-state index in [9.17, 15) is 9.59 Å². The lowest BCUT2D eigenvalue weighted by Crippen LogP contribution is -2.38. The number of ether oxygens (including phenoxy) is 1. The summed E-state index contributed by atoms with van der Waals surface area (Å²) in [4.78, 5) is 22.5. The van der Waals surface area contributed by atoms with Crippen molar-refractivity contribution in [1.29, 1.82) is 0 Å². The maximum Gasteiger partial charge on any atom is 0.325 e. The van der Waals surface area contributed by atoms with Crippen molar-refractivity contribution in [2.45, 2.75) is 26.8 Å². The van der Waals surface area contributed by atoms with Crippen molar-refractivity contribution in [2.24, 2.45) is 0 Å². The zero-order chi connectivity index (χ0) is 13.9. The Hall–Kier alpha value is -2.04. The molecule has 5 nitrogen and oxygen atoms in total. The summed E-state index contributed by atoms with van der Waals surface area (Å²) in [5.74, 6) is -0.734. The fourth-order valence-corrected chi connectivity index (χ4v) is 1.75. The van der Waals surface area contributed by atoms with Crippen LogP contribution < -0.4 is 10.1 Å². The molecule has 1 atom stereocenters. The molecule has 0 saturated heterocycles. The highest BCUT2D eigenvalue weighted by Crippen LogP contribution is 2.24. The third-order valence-electron chi connectivity index (χ3n) is 2.64. The minimum Gasteiger partial charge on any atom is -0.496 e. The number of rotatable bonds is 4. The Balaban J connectivity index is 2.97. The zero-order valence-electron chi connectivity index (χ0n) is 10.9. The molecule has 18 heavy (non-hydrogen) atoms. The number of carbonyl (C=O) groups is 2. The minimum atomic E-state index is -1.06. The molecule has 0 unspecified atom stereocenters. The molecule has 1 rings (SSSR count). The van der Waals surface area contributed by atoms with Gasteiger partial charge in [-0.2, -0.15) is 0 Å². The van der Waals surface area contributed by atoms with Gasteiger partial charge in [0.2, 0.25) is 0 Å². The second-order valence-corrected chi connectivity index (χ2v) is 4.18. The van der Waals surface area contributed by atoms with Crippen LogP contribution in [0.2, 0.25) is 0 Å². The van der Waals surface area contributed by atoms with Gasteiger partial charge in [-0.15, -0.1) is 0 Å². The van der Waals surface area contributed by atoms with Crippen LogP contribution in [0.25, 0.3) is 0 Å². The first-order valence-corrected chi connectivity index (χ1v) is 5.55. The van der Waals surface area contributed by atoms with Crippen molar-refractivity contribution < 1.29 is 19.4 Å². The summed E-state index contributed by atoms with van der Waals surface area (Å²) in [5, 5.41) is 11.1. The third kappa shape index (κ3) is 3.00. The molecule has 0 radical (unpaired) electrons. The second kappa shape index (κ2) is 5.53. The van der Waals surface area contributed by atoms with Crippen molar-refractivity contribution in [2.75, 3.05) is 7.11 Å². The lowest BCUT2D eigenvalue weighted by molar-refractivity contribution is -0.138. The molecule has 0 saturated carbocycles. The third-order valence-corrected chi connectivity index (χ3v) is 2.64. The first-order valence-electron chi connectivity index (χ1n) is 5.55. The Morgan fingerprint density at radius 2 is 1.78 bits per heavy atom. The van der Waals surface area contributed by atoms with Gasteiger partial charge in [0.05, 0.1) is 7.11 Å². The normalized spacial score (nSPS) is 11.8. The smallest absolute Gasteiger partial charge is 0.325 e. The highest BCUT2D eigenvalue weighted by Gasteiger charge is 2.16. The lowest BCUT2D eigenvalue weighted by Gasteiger charge is -2.13. The average Bonchev–Trinajstić information content (AvgIpc) is 2.28. The molecule has 0 aliphatic rings. The van der Waals surface area contributed by atoms with Gasteiger partial charge in [-0.3, -0.25) is 9.59 Å². The van der Waals surface area contributed by atoms with Crippen LogP contribution in [0, 0.1) is 13.8 Å². The fraction of sp³-hybridized carbons (Fsp3) is 0.385. The van der Waals surface area contributed by atoms with E-state index in [2.05, 4.69) is 5.32 Å². The number of hydrogen-bond donors (Lipinski definition) is 2. The Kier molecular flexibility index (Phi) is 4.31. The monoisotopic (exact) mass is 251 g/mol. The number of aryl methyl sites for hydroxylation is 2. The summed E-state index contributed by atoms with van der Waals surface area (Å²) in [7, 11) is 1.57. The van der Waals surface area contributed by atoms with Crippen molar-refractivity contribution in [1.82, 2.24) is 5.32 Å². The fourth-order valence-electron chi connectivity index (χ4n) is 1.75. The summed E-state index contributed by atoms with van der Waals surface area (Å²) >= 11 is 0. The molecule has 98 valence electrons. The Morgan fingerprint density at radius 1 is 1.28 bits per heavy atom. The van der Waals surface area contributed by atoms with Gasteiger partial charge in [0.15, 0.2) is 0 Å². The summed E-state index contributed by atoms with van der Waals surface area (Å²) in [6.45, 7) is 5.09. The molecule has 1 aromatic rings. The lowest BCUT2D eigenvalue weighted by atomic mass is 10.0. The largest absolute Gasteiger partial charge is 0.496 e. The van der Waals surface area contributed by atoms with Gasteiger partial charge in [0, 0.05) is 5.56 Å². The van der Waals surface area contributed by atoms with E-state index in [1.807, 2.05) is 13.8 Å². The molecule has 0 heterocycles. The van der Waals surface area contributed by atoms with Crippen molar-refractivity contribution in [3.05, 3.63) is 28.8 Å². The number of carbonyl (C=O) groups excluding carboxylic acids is 1. The number of amides is 1. The topological polar surface area (TPSA) is 75.6 Å². The number of carboxylic acids is 1. The maximum atomic E-state index is 11.8. The van der Waals surface area contributed by atoms with Crippen LogP contribution in [-0.4, -0.2) is 30.1 Å². The number of carboxylic acid groups (broad SMARTS) is 1. The van der Waals surface area contributed by atoms with Crippen LogP contribution >= 0.6 is 0 Å². The molecular formula is C13H17NO4. The summed E-state index contributed by atoms with van der Waals surface area (Å²) in [6.07, 6.45) is 0. The first-order chi connectivity index (χ1) is 8.36. The van der Waals surface area contributed by atoms with Gasteiger partial charge in [-0.25, -0.2) is 0 Å². The Bertz CT molecular complexity index is 459. The van der Waals surface area contributed by atoms with Crippen LogP contribution in [-0.2, 0) is 4.79 Å². The molecule has 0 aliphatic carbocycles. The quantitative estimate of drug-likeness (QED) is 0.850. The van der Waals surface area contributed by atoms with Crippen LogP contribution in [0.4, 0.5) is 0 Å². The Morgan fingerprint density at radius 3 is 2.17 bits per heavy atom. The molecule has 1 aromatic carbocycles. The molecule has 0 bridgehead atoms. The van der Waals surface area contributed by atoms with E-state index in [1.54, 1.807) is 19.2 Å². The number of benzene rings is 1. The van der Waals surface area contributed by atoms with Gasteiger partial charge < -0.3 is 15.2 Å². The van der Waals surface area contributed by atoms with Crippen LogP contribution in [0.5, 0.6) is 5.75 Å². The average molecular weight is 251 g/mol. The molecule has 0 aliphatic heterocycles. The molecule has 5 heteroatoms. The van der Waals surface area contributed by atoms with E-state index in [0.717, 1.165) is 16.9 Å². The number of aliphatic carboxylic acids is 1. The SMILES string of the molecule is COc1c(C)cc(C(=O)N[C@@H](C)C(=O)O)cc1C. The van der Waals surface area contributed by atoms with E-state index in [1.165, 1.54) is 6.92 Å². The summed E-state index contributed by atoms with van der Waals surface area (Å²) in [6, 6.07) is 2.44. The molecule has 1 amide bonds. The van der Waals surface area contributed by atoms with Gasteiger partial charge >= 0.3 is 5.97 Å². The molecule has 0 fully saturated rings. The molecule has 0 spiro atoms. The van der Waals surface area contributed by atoms with Crippen molar-refractivity contribution >= 4 is 11.9 Å². The van der Waals surface area contributed by atoms with E-state index in [-0.39, 0.29) is 0 Å². The Labute approximate surface area is 106 Å². The standard InChI is InChI=1S/C13H17NO4/c1-7-5-10(6-8(2)11(7)18-4)12(15)14-9(3)13(16)17/h5-6,9H,1-4H3,(H,14,15)(H,16,17)/t9-/m0/s1. The number of methoxy groups -OCH3 is 1. The maximum absolute atomic E-state index is 11.8. The summed E-state index contributed by atoms with van der Waals surface area (Å²) < 4.78 is 5.20. The van der Waals surface area contributed by atoms with Crippen LogP contribution in [0.15, 0.2) is 12.1 Å². The molecular weight excluding hydrogens is 234 g/mol. The highest BCUT2D eigenvalue weighted by molar-refractivity contribution is 5.97. The van der Waals surface area contributed by atoms with Crippen molar-refractivity contribution in [3.63, 3.8) is 0 Å². The van der Waals surface area contributed by atoms with Crippen LogP contribution in [0.1, 0.15) is 28.4 Å². The van der Waals surface area contributed by atoms with Crippen LogP contribution in [0.3, 0.4) is 0 Å². The predicted molar refractivity (Wildman–Crippen MR) is 67.0 cm³/mol. The zero-order valence-corrected chi connectivity index (χ0v) is 10.9. The van der Waals surface area contributed by atoms with E-state index >= 15 is 0 Å². The van der Waals surface area contributed by atoms with Gasteiger partial charge in [0.25, 0.3) is 5.91 Å². The predicted octanol–water partition coefficient (Wildman–Crippen LogP) is 1.51. The highest BCUT2D eigenvalue weighted by atomic mass is 16.5. The van der Waals surface area contributed by atoms with Crippen molar-refractivity contribution in [3.8, 4) is 5.75 Å². The minimum absolute atomic E-state index is 0.404. The molecule has 2 N–H and O–H groups in total.